The van der Waals surface area contributed by atoms with E-state index >= 15 is 0 Å². The summed E-state index contributed by atoms with van der Waals surface area (Å²) < 4.78 is 28.1. The monoisotopic (exact) mass is 519 g/mol. The first kappa shape index (κ1) is 27.6. The van der Waals surface area contributed by atoms with Crippen LogP contribution >= 0.6 is 0 Å². The van der Waals surface area contributed by atoms with Gasteiger partial charge in [0.25, 0.3) is 21.8 Å². The molecule has 36 heavy (non-hydrogen) atoms. The second kappa shape index (κ2) is 11.8. The highest BCUT2D eigenvalue weighted by molar-refractivity contribution is 8.06. The number of β-amino-alcohol motifs (C(OH)–C–C–N with tert-alkyl or cyclic N) is 1. The van der Waals surface area contributed by atoms with Gasteiger partial charge in [-0.15, -0.1) is 0 Å². The number of aliphatic hydroxyl groups is 1. The fourth-order valence-corrected chi connectivity index (χ4v) is 5.90. The van der Waals surface area contributed by atoms with Gasteiger partial charge in [-0.05, 0) is 50.8 Å². The van der Waals surface area contributed by atoms with Crippen LogP contribution in [0.2, 0.25) is 0 Å². The van der Waals surface area contributed by atoms with E-state index in [0.717, 1.165) is 0 Å². The van der Waals surface area contributed by atoms with E-state index in [1.54, 1.807) is 19.1 Å². The van der Waals surface area contributed by atoms with Crippen molar-refractivity contribution in [2.45, 2.75) is 64.6 Å². The summed E-state index contributed by atoms with van der Waals surface area (Å²) >= 11 is 0. The summed E-state index contributed by atoms with van der Waals surface area (Å²) in [6.45, 7) is 6.05. The third kappa shape index (κ3) is 6.42. The third-order valence-corrected chi connectivity index (χ3v) is 7.79. The number of hydrogen-bond acceptors (Lipinski definition) is 9. The lowest BCUT2D eigenvalue weighted by molar-refractivity contribution is -0.132. The van der Waals surface area contributed by atoms with Crippen LogP contribution in [0, 0.1) is 12.8 Å². The molecule has 1 saturated heterocycles. The van der Waals surface area contributed by atoms with Crippen molar-refractivity contribution in [3.8, 4) is 0 Å². The number of carbonyl (C=O) groups excluding carboxylic acids is 3. The van der Waals surface area contributed by atoms with E-state index in [-0.39, 0.29) is 37.3 Å². The molecule has 1 aromatic heterocycles. The topological polar surface area (TPSA) is 158 Å². The van der Waals surface area contributed by atoms with Gasteiger partial charge in [0.05, 0.1) is 17.7 Å². The van der Waals surface area contributed by atoms with E-state index < -0.39 is 50.9 Å². The van der Waals surface area contributed by atoms with E-state index in [2.05, 4.69) is 20.6 Å². The Morgan fingerprint density at radius 3 is 2.69 bits per heavy atom. The number of Topliss-reactive ketones (excluding diaryl/α,β-unsaturated/α-hetero) is 1. The summed E-state index contributed by atoms with van der Waals surface area (Å²) in [4.78, 5) is 47.3. The minimum Gasteiger partial charge on any atom is -0.390 e. The number of allylic oxidation sites excluding steroid dienone is 1. The Kier molecular flexibility index (Phi) is 9.09. The van der Waals surface area contributed by atoms with Crippen molar-refractivity contribution in [2.24, 2.45) is 10.9 Å². The number of nitrogens with one attached hydrogen (secondary N) is 2. The maximum atomic E-state index is 14.0. The van der Waals surface area contributed by atoms with Crippen LogP contribution in [0.3, 0.4) is 0 Å². The molecule has 0 aliphatic carbocycles. The van der Waals surface area contributed by atoms with Gasteiger partial charge in [0.15, 0.2) is 5.78 Å². The van der Waals surface area contributed by atoms with Crippen LogP contribution in [-0.4, -0.2) is 76.7 Å². The molecule has 11 nitrogen and oxygen atoms in total. The summed E-state index contributed by atoms with van der Waals surface area (Å²) in [6.07, 6.45) is 3.45. The quantitative estimate of drug-likeness (QED) is 0.495. The van der Waals surface area contributed by atoms with E-state index in [4.69, 9.17) is 0 Å². The molecule has 0 bridgehead atoms. The van der Waals surface area contributed by atoms with Crippen molar-refractivity contribution in [1.82, 2.24) is 19.9 Å². The number of pyridine rings is 1. The Morgan fingerprint density at radius 2 is 2.06 bits per heavy atom. The molecule has 3 N–H and O–H groups in total. The first-order valence-corrected chi connectivity index (χ1v) is 13.4. The third-order valence-electron chi connectivity index (χ3n) is 6.00. The summed E-state index contributed by atoms with van der Waals surface area (Å²) in [5.41, 5.74) is 0.925. The fourth-order valence-electron chi connectivity index (χ4n) is 4.18. The second-order valence-corrected chi connectivity index (χ2v) is 11.1. The number of aryl methyl sites for hydroxylation is 1. The van der Waals surface area contributed by atoms with Gasteiger partial charge in [-0.1, -0.05) is 19.9 Å². The number of ketones is 1. The van der Waals surface area contributed by atoms with E-state index in [1.807, 2.05) is 13.8 Å². The average Bonchev–Trinajstić information content (AvgIpc) is 3.03. The molecule has 0 saturated carbocycles. The van der Waals surface area contributed by atoms with Crippen LogP contribution < -0.4 is 10.6 Å². The van der Waals surface area contributed by atoms with Crippen molar-refractivity contribution in [3.63, 3.8) is 0 Å². The highest BCUT2D eigenvalue weighted by Crippen LogP contribution is 2.24. The van der Waals surface area contributed by atoms with Gasteiger partial charge in [-0.3, -0.25) is 19.4 Å². The molecular weight excluding hydrogens is 486 g/mol. The van der Waals surface area contributed by atoms with Crippen LogP contribution in [0.25, 0.3) is 0 Å². The summed E-state index contributed by atoms with van der Waals surface area (Å²) in [7, 11) is -4.73. The van der Waals surface area contributed by atoms with Crippen LogP contribution in [0.1, 0.15) is 55.6 Å². The molecule has 3 atom stereocenters. The van der Waals surface area contributed by atoms with Gasteiger partial charge in [0.2, 0.25) is 5.04 Å². The molecule has 196 valence electrons. The first-order chi connectivity index (χ1) is 17.0. The molecule has 3 heterocycles. The molecule has 2 aliphatic heterocycles. The second-order valence-electron chi connectivity index (χ2n) is 9.41. The highest BCUT2D eigenvalue weighted by Gasteiger charge is 2.46. The predicted octanol–water partition coefficient (Wildman–Crippen LogP) is 0.691. The first-order valence-electron chi connectivity index (χ1n) is 12.0. The van der Waals surface area contributed by atoms with Gasteiger partial charge < -0.3 is 15.7 Å². The normalized spacial score (nSPS) is 21.5. The minimum atomic E-state index is -4.73. The smallest absolute Gasteiger partial charge is 0.288 e. The number of rotatable bonds is 6. The molecule has 2 aliphatic rings. The molecule has 1 fully saturated rings. The maximum Gasteiger partial charge on any atom is 0.288 e. The predicted molar refractivity (Wildman–Crippen MR) is 134 cm³/mol. The molecule has 12 heteroatoms. The van der Waals surface area contributed by atoms with Gasteiger partial charge >= 0.3 is 0 Å². The lowest BCUT2D eigenvalue weighted by Gasteiger charge is -2.35. The molecule has 0 spiro atoms. The molecule has 3 rings (SSSR count). The van der Waals surface area contributed by atoms with Crippen molar-refractivity contribution in [1.29, 1.82) is 0 Å². The molecule has 0 radical (unpaired) electrons. The van der Waals surface area contributed by atoms with E-state index in [9.17, 15) is 27.9 Å². The van der Waals surface area contributed by atoms with Gasteiger partial charge in [-0.25, -0.2) is 9.30 Å². The van der Waals surface area contributed by atoms with Crippen LogP contribution in [0.4, 0.5) is 0 Å². The Balaban J connectivity index is 2.03. The molecule has 2 unspecified atom stereocenters. The van der Waals surface area contributed by atoms with Crippen molar-refractivity contribution < 1.29 is 27.9 Å². The molecule has 2 amide bonds. The van der Waals surface area contributed by atoms with Gasteiger partial charge in [0.1, 0.15) is 6.04 Å². The fraction of sp³-hybridized carbons (Fsp3) is 0.542. The van der Waals surface area contributed by atoms with Gasteiger partial charge in [0, 0.05) is 31.1 Å². The average molecular weight is 520 g/mol. The van der Waals surface area contributed by atoms with Crippen molar-refractivity contribution in [3.05, 3.63) is 41.9 Å². The number of aliphatic imine (C=N–C) groups is 1. The summed E-state index contributed by atoms with van der Waals surface area (Å²) in [5.74, 6) is -2.34. The lowest BCUT2D eigenvalue weighted by Crippen LogP contribution is -2.59. The van der Waals surface area contributed by atoms with Crippen LogP contribution in [0.5, 0.6) is 0 Å². The lowest BCUT2D eigenvalue weighted by atomic mass is 10.0. The Hall–Kier alpha value is -2.96. The number of aliphatic hydroxyl groups excluding tert-OH is 1. The highest BCUT2D eigenvalue weighted by atomic mass is 32.2. The van der Waals surface area contributed by atoms with E-state index in [1.165, 1.54) is 18.5 Å². The number of nitrogens with zero attached hydrogens (tertiary/aromatic N) is 3. The summed E-state index contributed by atoms with van der Waals surface area (Å²) in [5, 5.41) is 15.7. The zero-order valence-electron chi connectivity index (χ0n) is 20.7. The molecule has 1 aromatic rings. The Labute approximate surface area is 211 Å². The number of amides is 2. The summed E-state index contributed by atoms with van der Waals surface area (Å²) in [6, 6.07) is 0.851. The molecule has 0 aromatic carbocycles. The van der Waals surface area contributed by atoms with Crippen LogP contribution in [-0.2, 0) is 19.6 Å². The Morgan fingerprint density at radius 1 is 1.31 bits per heavy atom. The Bertz CT molecular complexity index is 1150. The number of hydrogen-bond donors (Lipinski definition) is 3. The minimum absolute atomic E-state index is 0.0700. The number of aromatic nitrogens is 1. The standard InChI is InChI=1S/C24H33N5O6S/c1-15(2)12-18(28-22(32)17-9-8-16(3)27-13-17)24(33)29(19-6-4-10-25-14-21(19)31)36(34,35)23-20(30)7-5-11-26-23/h5,8-9,11,13,15,18-19,21,25,31H,4,6-7,10,12,14H2,1-3H3,(H,28,32)/t18?,19?,21-/m0/s1. The van der Waals surface area contributed by atoms with Crippen LogP contribution in [0.15, 0.2) is 35.6 Å². The number of carbonyl (C=O) groups is 3. The van der Waals surface area contributed by atoms with Gasteiger partial charge in [-0.2, -0.15) is 8.42 Å². The van der Waals surface area contributed by atoms with E-state index in [0.29, 0.717) is 23.0 Å². The zero-order chi connectivity index (χ0) is 26.5. The van der Waals surface area contributed by atoms with Crippen molar-refractivity contribution in [2.75, 3.05) is 13.1 Å². The van der Waals surface area contributed by atoms with Crippen molar-refractivity contribution >= 4 is 32.7 Å². The SMILES string of the molecule is Cc1ccc(C(=O)NC(CC(C)C)C(=O)N(C2CCCNC[C@@H]2O)S(=O)(=O)C2=NC=CCC2=O)cn1. The number of sulfonamides is 1. The zero-order valence-corrected chi connectivity index (χ0v) is 21.5. The maximum absolute atomic E-state index is 14.0. The largest absolute Gasteiger partial charge is 0.390 e. The molecular formula is C24H33N5O6S.